The number of nitrogens with zero attached hydrogens (tertiary/aromatic N) is 1. The van der Waals surface area contributed by atoms with Gasteiger partial charge in [0.05, 0.1) is 17.0 Å². The van der Waals surface area contributed by atoms with Crippen molar-refractivity contribution in [3.63, 3.8) is 0 Å². The summed E-state index contributed by atoms with van der Waals surface area (Å²) in [7, 11) is 0. The van der Waals surface area contributed by atoms with Crippen LogP contribution in [0.25, 0.3) is 10.8 Å². The lowest BCUT2D eigenvalue weighted by molar-refractivity contribution is -0.137. The van der Waals surface area contributed by atoms with Gasteiger partial charge in [-0.25, -0.2) is 4.98 Å². The number of aliphatic carboxylic acids is 1. The molecular formula is C12H12N2O4S. The quantitative estimate of drug-likeness (QED) is 0.864. The van der Waals surface area contributed by atoms with E-state index >= 15 is 0 Å². The molecule has 6 nitrogen and oxygen atoms in total. The van der Waals surface area contributed by atoms with Gasteiger partial charge < -0.3 is 14.8 Å². The second-order valence-electron chi connectivity index (χ2n) is 3.85. The van der Waals surface area contributed by atoms with Crippen molar-refractivity contribution >= 4 is 23.2 Å². The van der Waals surface area contributed by atoms with Crippen LogP contribution in [0.15, 0.2) is 21.9 Å². The first-order valence-corrected chi connectivity index (χ1v) is 6.43. The van der Waals surface area contributed by atoms with E-state index in [9.17, 15) is 9.59 Å². The number of carbonyl (C=O) groups is 2. The van der Waals surface area contributed by atoms with Gasteiger partial charge in [0.25, 0.3) is 0 Å². The van der Waals surface area contributed by atoms with E-state index in [-0.39, 0.29) is 6.42 Å². The van der Waals surface area contributed by atoms with Crippen LogP contribution >= 0.6 is 11.3 Å². The maximum Gasteiger partial charge on any atom is 0.322 e. The summed E-state index contributed by atoms with van der Waals surface area (Å²) in [6, 6.07) is 3.77. The molecule has 0 aliphatic rings. The fourth-order valence-electron chi connectivity index (χ4n) is 1.49. The summed E-state index contributed by atoms with van der Waals surface area (Å²) in [4.78, 5) is 27.0. The second-order valence-corrected chi connectivity index (χ2v) is 4.79. The Morgan fingerprint density at radius 3 is 2.95 bits per heavy atom. The Labute approximate surface area is 113 Å². The van der Waals surface area contributed by atoms with E-state index in [1.165, 1.54) is 11.3 Å². The number of carboxylic acid groups (broad SMARTS) is 1. The zero-order chi connectivity index (χ0) is 13.8. The third-order valence-electron chi connectivity index (χ3n) is 2.39. The smallest absolute Gasteiger partial charge is 0.322 e. The third kappa shape index (κ3) is 3.41. The molecule has 0 fully saturated rings. The van der Waals surface area contributed by atoms with Crippen LogP contribution in [0.4, 0.5) is 0 Å². The molecule has 0 aliphatic heterocycles. The first-order valence-electron chi connectivity index (χ1n) is 5.55. The van der Waals surface area contributed by atoms with Gasteiger partial charge in [-0.05, 0) is 18.4 Å². The number of thiophene rings is 1. The third-order valence-corrected chi connectivity index (χ3v) is 3.25. The lowest BCUT2D eigenvalue weighted by atomic mass is 10.2. The largest absolute Gasteiger partial charge is 0.480 e. The minimum atomic E-state index is -1.08. The minimum absolute atomic E-state index is 0.00793. The Kier molecular flexibility index (Phi) is 3.96. The number of amides is 1. The van der Waals surface area contributed by atoms with E-state index in [0.717, 1.165) is 4.88 Å². The number of carbonyl (C=O) groups excluding carboxylic acids is 1. The first-order chi connectivity index (χ1) is 9.06. The van der Waals surface area contributed by atoms with Crippen LogP contribution < -0.4 is 5.32 Å². The topological polar surface area (TPSA) is 92.4 Å². The fraction of sp³-hybridized carbons (Fsp3) is 0.250. The highest BCUT2D eigenvalue weighted by Crippen LogP contribution is 2.25. The SMILES string of the molecule is Cc1oc(-c2cccs2)nc1CC(=O)NCC(=O)O. The zero-order valence-corrected chi connectivity index (χ0v) is 11.0. The zero-order valence-electron chi connectivity index (χ0n) is 10.2. The van der Waals surface area contributed by atoms with Gasteiger partial charge in [-0.15, -0.1) is 11.3 Å². The Morgan fingerprint density at radius 2 is 2.32 bits per heavy atom. The van der Waals surface area contributed by atoms with Gasteiger partial charge in [-0.1, -0.05) is 6.07 Å². The van der Waals surface area contributed by atoms with Crippen molar-refractivity contribution in [1.29, 1.82) is 0 Å². The molecule has 100 valence electrons. The standard InChI is InChI=1S/C12H12N2O4S/c1-7-8(5-10(15)13-6-11(16)17)14-12(18-7)9-3-2-4-19-9/h2-4H,5-6H2,1H3,(H,13,15)(H,16,17). The Morgan fingerprint density at radius 1 is 1.53 bits per heavy atom. The molecule has 7 heteroatoms. The molecule has 1 amide bonds. The summed E-state index contributed by atoms with van der Waals surface area (Å²) < 4.78 is 5.49. The van der Waals surface area contributed by atoms with Crippen molar-refractivity contribution in [1.82, 2.24) is 10.3 Å². The van der Waals surface area contributed by atoms with E-state index < -0.39 is 18.4 Å². The molecule has 2 N–H and O–H groups in total. The minimum Gasteiger partial charge on any atom is -0.480 e. The van der Waals surface area contributed by atoms with E-state index in [1.807, 2.05) is 17.5 Å². The molecule has 2 aromatic rings. The number of nitrogens with one attached hydrogen (secondary N) is 1. The van der Waals surface area contributed by atoms with E-state index in [2.05, 4.69) is 10.3 Å². The summed E-state index contributed by atoms with van der Waals surface area (Å²) in [6.07, 6.45) is 0.00793. The molecule has 0 spiro atoms. The van der Waals surface area contributed by atoms with Crippen molar-refractivity contribution in [3.8, 4) is 10.8 Å². The fourth-order valence-corrected chi connectivity index (χ4v) is 2.14. The lowest BCUT2D eigenvalue weighted by Gasteiger charge is -1.99. The van der Waals surface area contributed by atoms with Crippen molar-refractivity contribution in [2.24, 2.45) is 0 Å². The Balaban J connectivity index is 2.05. The Bertz CT molecular complexity index is 589. The molecule has 0 radical (unpaired) electrons. The van der Waals surface area contributed by atoms with Crippen molar-refractivity contribution in [2.45, 2.75) is 13.3 Å². The summed E-state index contributed by atoms with van der Waals surface area (Å²) in [6.45, 7) is 1.33. The highest BCUT2D eigenvalue weighted by Gasteiger charge is 2.15. The van der Waals surface area contributed by atoms with Crippen LogP contribution in [-0.4, -0.2) is 28.5 Å². The monoisotopic (exact) mass is 280 g/mol. The molecule has 0 aromatic carbocycles. The summed E-state index contributed by atoms with van der Waals surface area (Å²) >= 11 is 1.50. The molecule has 0 aliphatic carbocycles. The maximum absolute atomic E-state index is 11.5. The van der Waals surface area contributed by atoms with Crippen molar-refractivity contribution in [3.05, 3.63) is 29.0 Å². The van der Waals surface area contributed by atoms with E-state index in [4.69, 9.17) is 9.52 Å². The molecule has 0 unspecified atom stereocenters. The lowest BCUT2D eigenvalue weighted by Crippen LogP contribution is -2.30. The molecule has 2 aromatic heterocycles. The van der Waals surface area contributed by atoms with Crippen molar-refractivity contribution < 1.29 is 19.1 Å². The molecular weight excluding hydrogens is 268 g/mol. The molecule has 19 heavy (non-hydrogen) atoms. The predicted molar refractivity (Wildman–Crippen MR) is 68.9 cm³/mol. The number of carboxylic acids is 1. The first kappa shape index (κ1) is 13.3. The number of rotatable bonds is 5. The normalized spacial score (nSPS) is 10.4. The Hall–Kier alpha value is -2.15. The number of hydrogen-bond acceptors (Lipinski definition) is 5. The second kappa shape index (κ2) is 5.66. The van der Waals surface area contributed by atoms with E-state index in [0.29, 0.717) is 17.3 Å². The number of aromatic nitrogens is 1. The highest BCUT2D eigenvalue weighted by atomic mass is 32.1. The summed E-state index contributed by atoms with van der Waals surface area (Å²) in [5.74, 6) is -0.427. The molecule has 2 heterocycles. The van der Waals surface area contributed by atoms with Gasteiger partial charge in [0, 0.05) is 0 Å². The van der Waals surface area contributed by atoms with Crippen molar-refractivity contribution in [2.75, 3.05) is 6.54 Å². The predicted octanol–water partition coefficient (Wildman–Crippen LogP) is 1.45. The molecule has 0 saturated heterocycles. The van der Waals surface area contributed by atoms with Crippen LogP contribution in [0.2, 0.25) is 0 Å². The van der Waals surface area contributed by atoms with Gasteiger partial charge in [-0.3, -0.25) is 9.59 Å². The average Bonchev–Trinajstić information content (AvgIpc) is 2.97. The van der Waals surface area contributed by atoms with Crippen LogP contribution in [0.5, 0.6) is 0 Å². The number of oxazole rings is 1. The van der Waals surface area contributed by atoms with Gasteiger partial charge >= 0.3 is 5.97 Å². The molecule has 0 atom stereocenters. The molecule has 0 bridgehead atoms. The summed E-state index contributed by atoms with van der Waals surface area (Å²) in [5.41, 5.74) is 0.520. The highest BCUT2D eigenvalue weighted by molar-refractivity contribution is 7.13. The summed E-state index contributed by atoms with van der Waals surface area (Å²) in [5, 5.41) is 12.7. The molecule has 0 saturated carbocycles. The maximum atomic E-state index is 11.5. The van der Waals surface area contributed by atoms with Crippen LogP contribution in [0.1, 0.15) is 11.5 Å². The van der Waals surface area contributed by atoms with Gasteiger partial charge in [0.1, 0.15) is 12.3 Å². The van der Waals surface area contributed by atoms with E-state index in [1.54, 1.807) is 6.92 Å². The van der Waals surface area contributed by atoms with Gasteiger partial charge in [0.2, 0.25) is 11.8 Å². The van der Waals surface area contributed by atoms with Gasteiger partial charge in [0.15, 0.2) is 0 Å². The van der Waals surface area contributed by atoms with Crippen LogP contribution in [0.3, 0.4) is 0 Å². The van der Waals surface area contributed by atoms with Crippen LogP contribution in [0, 0.1) is 6.92 Å². The average molecular weight is 280 g/mol. The number of aryl methyl sites for hydroxylation is 1. The van der Waals surface area contributed by atoms with Gasteiger partial charge in [-0.2, -0.15) is 0 Å². The van der Waals surface area contributed by atoms with Crippen LogP contribution in [-0.2, 0) is 16.0 Å². The number of hydrogen-bond donors (Lipinski definition) is 2. The molecule has 2 rings (SSSR count).